The maximum absolute atomic E-state index is 12.6. The molecule has 0 aliphatic heterocycles. The molecule has 0 heterocycles. The molecule has 22 heavy (non-hydrogen) atoms. The lowest BCUT2D eigenvalue weighted by atomic mass is 9.95. The molecule has 0 aliphatic carbocycles. The van der Waals surface area contributed by atoms with Crippen molar-refractivity contribution in [3.05, 3.63) is 52.1 Å². The number of hydroxylamine groups is 2. The van der Waals surface area contributed by atoms with Gasteiger partial charge in [0.1, 0.15) is 0 Å². The number of carbonyl (C=O) groups is 2. The van der Waals surface area contributed by atoms with Crippen LogP contribution in [0.15, 0.2) is 36.4 Å². The standard InChI is InChI=1S/C15H18N2O5/c1-10(2)15(4,5)16(22-11(3)18)14(19)12-6-8-13(9-7-12)17(20)21/h6-9H,1H2,2-5H3. The summed E-state index contributed by atoms with van der Waals surface area (Å²) < 4.78 is 0. The van der Waals surface area contributed by atoms with Crippen molar-refractivity contribution in [3.63, 3.8) is 0 Å². The van der Waals surface area contributed by atoms with E-state index in [0.29, 0.717) is 5.57 Å². The highest BCUT2D eigenvalue weighted by Crippen LogP contribution is 2.26. The predicted octanol–water partition coefficient (Wildman–Crippen LogP) is 2.87. The first kappa shape index (κ1) is 17.4. The number of benzene rings is 1. The SMILES string of the molecule is C=C(C)C(C)(C)N(OC(C)=O)C(=O)c1ccc([N+](=O)[O-])cc1. The molecule has 0 fully saturated rings. The van der Waals surface area contributed by atoms with Crippen LogP contribution >= 0.6 is 0 Å². The maximum Gasteiger partial charge on any atom is 0.329 e. The number of hydrogen-bond acceptors (Lipinski definition) is 5. The van der Waals surface area contributed by atoms with Gasteiger partial charge >= 0.3 is 5.97 Å². The minimum absolute atomic E-state index is 0.130. The summed E-state index contributed by atoms with van der Waals surface area (Å²) in [5.41, 5.74) is -0.273. The Balaban J connectivity index is 3.19. The molecular formula is C15H18N2O5. The summed E-state index contributed by atoms with van der Waals surface area (Å²) in [4.78, 5) is 38.9. The van der Waals surface area contributed by atoms with Gasteiger partial charge in [0.25, 0.3) is 11.6 Å². The van der Waals surface area contributed by atoms with Gasteiger partial charge in [-0.2, -0.15) is 5.06 Å². The van der Waals surface area contributed by atoms with Crippen LogP contribution in [0.4, 0.5) is 5.69 Å². The minimum atomic E-state index is -0.926. The van der Waals surface area contributed by atoms with Crippen LogP contribution in [-0.4, -0.2) is 27.4 Å². The van der Waals surface area contributed by atoms with Gasteiger partial charge in [0, 0.05) is 24.6 Å². The molecule has 7 nitrogen and oxygen atoms in total. The van der Waals surface area contributed by atoms with Crippen LogP contribution in [0.1, 0.15) is 38.1 Å². The van der Waals surface area contributed by atoms with Crippen molar-refractivity contribution in [2.24, 2.45) is 0 Å². The van der Waals surface area contributed by atoms with Gasteiger partial charge in [-0.05, 0) is 32.9 Å². The molecule has 1 aromatic rings. The number of carbonyl (C=O) groups excluding carboxylic acids is 2. The Kier molecular flexibility index (Phi) is 5.03. The maximum atomic E-state index is 12.6. The molecule has 1 aromatic carbocycles. The normalized spacial score (nSPS) is 10.7. The summed E-state index contributed by atoms with van der Waals surface area (Å²) in [5.74, 6) is -1.23. The van der Waals surface area contributed by atoms with Crippen molar-refractivity contribution >= 4 is 17.6 Å². The molecule has 0 unspecified atom stereocenters. The van der Waals surface area contributed by atoms with Gasteiger partial charge in [-0.25, -0.2) is 0 Å². The summed E-state index contributed by atoms with van der Waals surface area (Å²) in [5, 5.41) is 11.6. The van der Waals surface area contributed by atoms with Crippen LogP contribution in [-0.2, 0) is 9.63 Å². The fourth-order valence-electron chi connectivity index (χ4n) is 1.55. The highest BCUT2D eigenvalue weighted by Gasteiger charge is 2.35. The van der Waals surface area contributed by atoms with E-state index in [4.69, 9.17) is 4.84 Å². The number of rotatable bonds is 4. The van der Waals surface area contributed by atoms with Crippen molar-refractivity contribution in [2.45, 2.75) is 33.2 Å². The Hall–Kier alpha value is -2.70. The molecule has 0 radical (unpaired) electrons. The zero-order valence-electron chi connectivity index (χ0n) is 13.0. The second kappa shape index (κ2) is 6.38. The van der Waals surface area contributed by atoms with Crippen LogP contribution in [0.3, 0.4) is 0 Å². The van der Waals surface area contributed by atoms with Crippen LogP contribution < -0.4 is 0 Å². The van der Waals surface area contributed by atoms with Gasteiger partial charge in [-0.15, -0.1) is 0 Å². The first-order valence-electron chi connectivity index (χ1n) is 6.51. The van der Waals surface area contributed by atoms with E-state index in [1.807, 2.05) is 0 Å². The Labute approximate surface area is 128 Å². The van der Waals surface area contributed by atoms with E-state index in [1.165, 1.54) is 31.2 Å². The monoisotopic (exact) mass is 306 g/mol. The van der Waals surface area contributed by atoms with Gasteiger partial charge in [-0.1, -0.05) is 12.2 Å². The van der Waals surface area contributed by atoms with E-state index in [-0.39, 0.29) is 11.3 Å². The molecule has 0 saturated carbocycles. The first-order valence-corrected chi connectivity index (χ1v) is 6.51. The van der Waals surface area contributed by atoms with Gasteiger partial charge in [0.15, 0.2) is 0 Å². The number of non-ortho nitro benzene ring substituents is 1. The molecular weight excluding hydrogens is 288 g/mol. The van der Waals surface area contributed by atoms with E-state index in [9.17, 15) is 19.7 Å². The van der Waals surface area contributed by atoms with Crippen LogP contribution in [0.25, 0.3) is 0 Å². The lowest BCUT2D eigenvalue weighted by Crippen LogP contribution is -2.49. The summed E-state index contributed by atoms with van der Waals surface area (Å²) in [7, 11) is 0. The molecule has 1 rings (SSSR count). The van der Waals surface area contributed by atoms with Crippen molar-refractivity contribution < 1.29 is 19.3 Å². The molecule has 1 amide bonds. The van der Waals surface area contributed by atoms with Crippen molar-refractivity contribution in [1.29, 1.82) is 0 Å². The van der Waals surface area contributed by atoms with Gasteiger partial charge in [-0.3, -0.25) is 19.7 Å². The molecule has 0 aliphatic rings. The Morgan fingerprint density at radius 2 is 1.73 bits per heavy atom. The van der Waals surface area contributed by atoms with Gasteiger partial charge in [0.05, 0.1) is 10.5 Å². The quantitative estimate of drug-likeness (QED) is 0.484. The van der Waals surface area contributed by atoms with E-state index in [2.05, 4.69) is 6.58 Å². The number of hydrogen-bond donors (Lipinski definition) is 0. The summed E-state index contributed by atoms with van der Waals surface area (Å²) in [6, 6.07) is 5.05. The molecule has 0 spiro atoms. The molecule has 0 saturated heterocycles. The Morgan fingerprint density at radius 1 is 1.23 bits per heavy atom. The fourth-order valence-corrected chi connectivity index (χ4v) is 1.55. The van der Waals surface area contributed by atoms with Gasteiger partial charge in [0.2, 0.25) is 0 Å². The lowest BCUT2D eigenvalue weighted by Gasteiger charge is -2.36. The molecule has 0 atom stereocenters. The fraction of sp³-hybridized carbons (Fsp3) is 0.333. The smallest absolute Gasteiger partial charge is 0.329 e. The Bertz CT molecular complexity index is 619. The molecule has 0 N–H and O–H groups in total. The highest BCUT2D eigenvalue weighted by molar-refractivity contribution is 5.95. The average Bonchev–Trinajstić information content (AvgIpc) is 2.43. The minimum Gasteiger partial charge on any atom is -0.337 e. The van der Waals surface area contributed by atoms with Crippen LogP contribution in [0.2, 0.25) is 0 Å². The topological polar surface area (TPSA) is 89.8 Å². The van der Waals surface area contributed by atoms with E-state index < -0.39 is 22.3 Å². The van der Waals surface area contributed by atoms with Crippen molar-refractivity contribution in [3.8, 4) is 0 Å². The molecule has 118 valence electrons. The van der Waals surface area contributed by atoms with Crippen molar-refractivity contribution in [1.82, 2.24) is 5.06 Å². The van der Waals surface area contributed by atoms with Crippen molar-refractivity contribution in [2.75, 3.05) is 0 Å². The zero-order chi connectivity index (χ0) is 17.1. The molecule has 0 bridgehead atoms. The number of nitro groups is 1. The molecule has 0 aromatic heterocycles. The first-order chi connectivity index (χ1) is 10.1. The largest absolute Gasteiger partial charge is 0.337 e. The predicted molar refractivity (Wildman–Crippen MR) is 79.9 cm³/mol. The second-order valence-corrected chi connectivity index (χ2v) is 5.33. The Morgan fingerprint density at radius 3 is 2.09 bits per heavy atom. The van der Waals surface area contributed by atoms with E-state index in [0.717, 1.165) is 5.06 Å². The zero-order valence-corrected chi connectivity index (χ0v) is 13.0. The van der Waals surface area contributed by atoms with Gasteiger partial charge < -0.3 is 4.84 Å². The second-order valence-electron chi connectivity index (χ2n) is 5.33. The molecule has 7 heteroatoms. The summed E-state index contributed by atoms with van der Waals surface area (Å²) in [6.07, 6.45) is 0. The van der Waals surface area contributed by atoms with Crippen LogP contribution in [0.5, 0.6) is 0 Å². The average molecular weight is 306 g/mol. The van der Waals surface area contributed by atoms with E-state index in [1.54, 1.807) is 20.8 Å². The highest BCUT2D eigenvalue weighted by atomic mass is 16.7. The summed E-state index contributed by atoms with van der Waals surface area (Å²) in [6.45, 7) is 10.1. The third-order valence-corrected chi connectivity index (χ3v) is 3.28. The lowest BCUT2D eigenvalue weighted by molar-refractivity contribution is -0.384. The third-order valence-electron chi connectivity index (χ3n) is 3.28. The number of nitro benzene ring substituents is 1. The van der Waals surface area contributed by atoms with Crippen LogP contribution in [0, 0.1) is 10.1 Å². The third kappa shape index (κ3) is 3.69. The van der Waals surface area contributed by atoms with E-state index >= 15 is 0 Å². The number of amides is 1. The summed E-state index contributed by atoms with van der Waals surface area (Å²) >= 11 is 0. The number of nitrogens with zero attached hydrogens (tertiary/aromatic N) is 2.